The molecule has 22 heavy (non-hydrogen) atoms. The van der Waals surface area contributed by atoms with Crippen molar-refractivity contribution in [1.29, 1.82) is 0 Å². The second-order valence-corrected chi connectivity index (χ2v) is 5.84. The summed E-state index contributed by atoms with van der Waals surface area (Å²) in [6.45, 7) is 2.25. The molecule has 1 heterocycles. The molecule has 1 aromatic heterocycles. The highest BCUT2D eigenvalue weighted by molar-refractivity contribution is 5.77. The Morgan fingerprint density at radius 3 is 2.86 bits per heavy atom. The molecular weight excluding hydrogens is 274 g/mol. The van der Waals surface area contributed by atoms with Gasteiger partial charge in [0.15, 0.2) is 5.96 Å². The molecule has 0 atom stereocenters. The van der Waals surface area contributed by atoms with Crippen LogP contribution in [0.3, 0.4) is 0 Å². The van der Waals surface area contributed by atoms with Crippen LogP contribution in [0.4, 0.5) is 0 Å². The normalized spacial score (nSPS) is 15.5. The van der Waals surface area contributed by atoms with Crippen molar-refractivity contribution in [2.75, 3.05) is 6.54 Å². The van der Waals surface area contributed by atoms with Gasteiger partial charge in [0.05, 0.1) is 0 Å². The lowest BCUT2D eigenvalue weighted by atomic mass is 9.85. The second-order valence-electron chi connectivity index (χ2n) is 5.84. The van der Waals surface area contributed by atoms with Crippen molar-refractivity contribution in [3.63, 3.8) is 0 Å². The van der Waals surface area contributed by atoms with Crippen LogP contribution in [-0.2, 0) is 13.1 Å². The highest BCUT2D eigenvalue weighted by Crippen LogP contribution is 2.24. The van der Waals surface area contributed by atoms with Gasteiger partial charge in [-0.15, -0.1) is 0 Å². The van der Waals surface area contributed by atoms with Gasteiger partial charge >= 0.3 is 0 Å². The number of benzene rings is 1. The van der Waals surface area contributed by atoms with Crippen molar-refractivity contribution in [2.45, 2.75) is 32.4 Å². The Morgan fingerprint density at radius 1 is 1.32 bits per heavy atom. The van der Waals surface area contributed by atoms with Crippen LogP contribution in [0.15, 0.2) is 47.7 Å². The van der Waals surface area contributed by atoms with E-state index >= 15 is 0 Å². The maximum atomic E-state index is 5.92. The quantitative estimate of drug-likeness (QED) is 0.634. The molecule has 0 amide bonds. The summed E-state index contributed by atoms with van der Waals surface area (Å²) in [6, 6.07) is 10.3. The molecule has 5 heteroatoms. The number of nitrogens with one attached hydrogen (secondary N) is 1. The fourth-order valence-corrected chi connectivity index (χ4v) is 2.57. The average Bonchev–Trinajstić information content (AvgIpc) is 2.92. The highest BCUT2D eigenvalue weighted by Gasteiger charge is 2.16. The Hall–Kier alpha value is -2.30. The molecule has 1 fully saturated rings. The zero-order valence-electron chi connectivity index (χ0n) is 12.8. The lowest BCUT2D eigenvalue weighted by molar-refractivity contribution is 0.315. The van der Waals surface area contributed by atoms with E-state index in [2.05, 4.69) is 32.0 Å². The number of hydrogen-bond donors (Lipinski definition) is 2. The van der Waals surface area contributed by atoms with Gasteiger partial charge < -0.3 is 15.6 Å². The summed E-state index contributed by atoms with van der Waals surface area (Å²) in [7, 11) is 0. The number of aliphatic imine (C=N–C) groups is 1. The first-order chi connectivity index (χ1) is 10.8. The summed E-state index contributed by atoms with van der Waals surface area (Å²) in [5.41, 5.74) is 7.17. The smallest absolute Gasteiger partial charge is 0.189 e. The first kappa shape index (κ1) is 14.6. The van der Waals surface area contributed by atoms with E-state index in [1.807, 2.05) is 30.6 Å². The number of imidazole rings is 1. The van der Waals surface area contributed by atoms with Gasteiger partial charge in [0.25, 0.3) is 0 Å². The molecule has 2 aromatic rings. The van der Waals surface area contributed by atoms with Crippen molar-refractivity contribution in [3.8, 4) is 0 Å². The minimum Gasteiger partial charge on any atom is -0.370 e. The molecule has 1 aromatic carbocycles. The van der Waals surface area contributed by atoms with E-state index in [-0.39, 0.29) is 0 Å². The minimum absolute atomic E-state index is 0.503. The molecular formula is C17H23N5. The topological polar surface area (TPSA) is 68.2 Å². The molecule has 1 saturated carbocycles. The fraction of sp³-hybridized carbons (Fsp3) is 0.412. The van der Waals surface area contributed by atoms with Gasteiger partial charge in [-0.05, 0) is 24.3 Å². The van der Waals surface area contributed by atoms with E-state index in [0.29, 0.717) is 12.5 Å². The van der Waals surface area contributed by atoms with Gasteiger partial charge in [-0.3, -0.25) is 0 Å². The lowest BCUT2D eigenvalue weighted by Crippen LogP contribution is -2.37. The van der Waals surface area contributed by atoms with E-state index in [0.717, 1.165) is 24.8 Å². The summed E-state index contributed by atoms with van der Waals surface area (Å²) in [6.07, 6.45) is 7.76. The molecule has 0 radical (unpaired) electrons. The Morgan fingerprint density at radius 2 is 2.14 bits per heavy atom. The molecule has 0 unspecified atom stereocenters. The Kier molecular flexibility index (Phi) is 4.73. The van der Waals surface area contributed by atoms with Crippen molar-refractivity contribution >= 4 is 5.96 Å². The van der Waals surface area contributed by atoms with Crippen LogP contribution in [0.5, 0.6) is 0 Å². The van der Waals surface area contributed by atoms with Crippen molar-refractivity contribution in [2.24, 2.45) is 16.6 Å². The highest BCUT2D eigenvalue weighted by atomic mass is 15.1. The van der Waals surface area contributed by atoms with E-state index in [1.54, 1.807) is 0 Å². The van der Waals surface area contributed by atoms with Gasteiger partial charge in [0.2, 0.25) is 0 Å². The standard InChI is InChI=1S/C17H23N5/c18-17(20-11-14-7-4-8-14)21-12-16-19-9-10-22(16)13-15-5-2-1-3-6-15/h1-3,5-6,9-10,14H,4,7-8,11-13H2,(H3,18,20,21). The molecule has 0 saturated heterocycles. The molecule has 3 N–H and O–H groups in total. The number of rotatable bonds is 6. The lowest BCUT2D eigenvalue weighted by Gasteiger charge is -2.25. The first-order valence-electron chi connectivity index (χ1n) is 7.89. The van der Waals surface area contributed by atoms with E-state index < -0.39 is 0 Å². The van der Waals surface area contributed by atoms with E-state index in [4.69, 9.17) is 5.73 Å². The fourth-order valence-electron chi connectivity index (χ4n) is 2.57. The largest absolute Gasteiger partial charge is 0.370 e. The first-order valence-corrected chi connectivity index (χ1v) is 7.89. The van der Waals surface area contributed by atoms with E-state index in [9.17, 15) is 0 Å². The molecule has 3 rings (SSSR count). The number of nitrogens with two attached hydrogens (primary N) is 1. The third kappa shape index (κ3) is 3.87. The second kappa shape index (κ2) is 7.11. The average molecular weight is 297 g/mol. The monoisotopic (exact) mass is 297 g/mol. The molecule has 1 aliphatic carbocycles. The van der Waals surface area contributed by atoms with Crippen LogP contribution < -0.4 is 11.1 Å². The third-order valence-electron chi connectivity index (χ3n) is 4.18. The van der Waals surface area contributed by atoms with Crippen LogP contribution in [0.25, 0.3) is 0 Å². The number of aromatic nitrogens is 2. The predicted octanol–water partition coefficient (Wildman–Crippen LogP) is 2.14. The van der Waals surface area contributed by atoms with Crippen molar-refractivity contribution in [1.82, 2.24) is 14.9 Å². The minimum atomic E-state index is 0.503. The zero-order valence-corrected chi connectivity index (χ0v) is 12.8. The Bertz CT molecular complexity index is 613. The predicted molar refractivity (Wildman–Crippen MR) is 88.4 cm³/mol. The van der Waals surface area contributed by atoms with Crippen LogP contribution >= 0.6 is 0 Å². The molecule has 1 aliphatic rings. The number of hydrogen-bond acceptors (Lipinski definition) is 2. The van der Waals surface area contributed by atoms with Gasteiger partial charge in [-0.25, -0.2) is 9.98 Å². The summed E-state index contributed by atoms with van der Waals surface area (Å²) in [4.78, 5) is 8.78. The molecule has 5 nitrogen and oxygen atoms in total. The summed E-state index contributed by atoms with van der Waals surface area (Å²) in [5.74, 6) is 2.22. The van der Waals surface area contributed by atoms with Crippen molar-refractivity contribution < 1.29 is 0 Å². The van der Waals surface area contributed by atoms with Crippen LogP contribution in [0.2, 0.25) is 0 Å². The Labute approximate surface area is 131 Å². The maximum Gasteiger partial charge on any atom is 0.189 e. The summed E-state index contributed by atoms with van der Waals surface area (Å²) < 4.78 is 2.11. The molecule has 0 spiro atoms. The Balaban J connectivity index is 1.55. The number of guanidine groups is 1. The third-order valence-corrected chi connectivity index (χ3v) is 4.18. The summed E-state index contributed by atoms with van der Waals surface area (Å²) in [5, 5.41) is 3.21. The van der Waals surface area contributed by atoms with Crippen molar-refractivity contribution in [3.05, 3.63) is 54.1 Å². The molecule has 0 aliphatic heterocycles. The maximum absolute atomic E-state index is 5.92. The van der Waals surface area contributed by atoms with Gasteiger partial charge in [-0.1, -0.05) is 36.8 Å². The summed E-state index contributed by atoms with van der Waals surface area (Å²) >= 11 is 0. The van der Waals surface area contributed by atoms with Crippen LogP contribution in [-0.4, -0.2) is 22.1 Å². The van der Waals surface area contributed by atoms with Crippen LogP contribution in [0, 0.1) is 5.92 Å². The molecule has 0 bridgehead atoms. The van der Waals surface area contributed by atoms with E-state index in [1.165, 1.54) is 24.8 Å². The van der Waals surface area contributed by atoms with Crippen LogP contribution in [0.1, 0.15) is 30.7 Å². The SMILES string of the molecule is NC(=NCc1nccn1Cc1ccccc1)NCC1CCC1. The number of nitrogens with zero attached hydrogens (tertiary/aromatic N) is 3. The molecule has 116 valence electrons. The van der Waals surface area contributed by atoms with Gasteiger partial charge in [-0.2, -0.15) is 0 Å². The van der Waals surface area contributed by atoms with Gasteiger partial charge in [0, 0.05) is 25.5 Å². The van der Waals surface area contributed by atoms with Gasteiger partial charge in [0.1, 0.15) is 12.4 Å². The zero-order chi connectivity index (χ0) is 15.2.